The van der Waals surface area contributed by atoms with Crippen LogP contribution >= 0.6 is 0 Å². The van der Waals surface area contributed by atoms with Crippen molar-refractivity contribution in [2.24, 2.45) is 0 Å². The van der Waals surface area contributed by atoms with E-state index in [2.05, 4.69) is 29.0 Å². The standard InChI is InChI=1S/C18H19N3O/c1-11-3-6-16(19)8-14(11)5-4-13-7-15-9-17(12(2)22)21-18(15)20-10-13/h3,6-10H,4-5,19H2,1-2H3,(H,20,21). The number of H-pyrrole nitrogens is 1. The number of anilines is 1. The van der Waals surface area contributed by atoms with Gasteiger partial charge in [0.05, 0.1) is 5.69 Å². The van der Waals surface area contributed by atoms with Crippen LogP contribution in [0.15, 0.2) is 36.5 Å². The molecule has 0 radical (unpaired) electrons. The van der Waals surface area contributed by atoms with Gasteiger partial charge in [0.1, 0.15) is 5.65 Å². The van der Waals surface area contributed by atoms with Gasteiger partial charge in [0, 0.05) is 24.2 Å². The number of Topliss-reactive ketones (excluding diaryl/α,β-unsaturated/α-hetero) is 1. The quantitative estimate of drug-likeness (QED) is 0.571. The van der Waals surface area contributed by atoms with Crippen LogP contribution in [0, 0.1) is 6.92 Å². The summed E-state index contributed by atoms with van der Waals surface area (Å²) in [7, 11) is 0. The van der Waals surface area contributed by atoms with E-state index in [-0.39, 0.29) is 5.78 Å². The maximum Gasteiger partial charge on any atom is 0.176 e. The number of nitrogens with one attached hydrogen (secondary N) is 1. The molecule has 0 aliphatic rings. The zero-order valence-corrected chi connectivity index (χ0v) is 12.8. The normalized spacial score (nSPS) is 11.0. The van der Waals surface area contributed by atoms with Crippen LogP contribution in [0.3, 0.4) is 0 Å². The smallest absolute Gasteiger partial charge is 0.176 e. The van der Waals surface area contributed by atoms with E-state index in [1.54, 1.807) is 6.92 Å². The van der Waals surface area contributed by atoms with E-state index in [4.69, 9.17) is 5.73 Å². The third-order valence-electron chi connectivity index (χ3n) is 3.96. The number of nitrogen functional groups attached to an aromatic ring is 1. The molecule has 3 rings (SSSR count). The Morgan fingerprint density at radius 1 is 1.23 bits per heavy atom. The lowest BCUT2D eigenvalue weighted by atomic mass is 10.0. The summed E-state index contributed by atoms with van der Waals surface area (Å²) in [6.45, 7) is 3.65. The number of aromatic nitrogens is 2. The first-order valence-corrected chi connectivity index (χ1v) is 7.36. The second-order valence-electron chi connectivity index (χ2n) is 5.71. The number of carbonyl (C=O) groups is 1. The minimum absolute atomic E-state index is 0.0231. The van der Waals surface area contributed by atoms with E-state index < -0.39 is 0 Å². The third-order valence-corrected chi connectivity index (χ3v) is 3.96. The van der Waals surface area contributed by atoms with Crippen LogP contribution in [0.25, 0.3) is 11.0 Å². The molecular weight excluding hydrogens is 274 g/mol. The van der Waals surface area contributed by atoms with Crippen molar-refractivity contribution in [1.29, 1.82) is 0 Å². The van der Waals surface area contributed by atoms with Crippen molar-refractivity contribution in [3.8, 4) is 0 Å². The van der Waals surface area contributed by atoms with Crippen LogP contribution < -0.4 is 5.73 Å². The van der Waals surface area contributed by atoms with E-state index in [0.29, 0.717) is 5.69 Å². The fourth-order valence-corrected chi connectivity index (χ4v) is 2.63. The number of hydrogen-bond donors (Lipinski definition) is 2. The Morgan fingerprint density at radius 3 is 2.82 bits per heavy atom. The molecule has 0 amide bonds. The molecule has 4 heteroatoms. The van der Waals surface area contributed by atoms with Gasteiger partial charge in [0.15, 0.2) is 5.78 Å². The van der Waals surface area contributed by atoms with Gasteiger partial charge in [-0.1, -0.05) is 6.07 Å². The van der Waals surface area contributed by atoms with Crippen molar-refractivity contribution in [3.63, 3.8) is 0 Å². The molecule has 0 aliphatic carbocycles. The van der Waals surface area contributed by atoms with Gasteiger partial charge in [-0.05, 0) is 60.7 Å². The Kier molecular flexibility index (Phi) is 3.67. The van der Waals surface area contributed by atoms with E-state index in [0.717, 1.165) is 35.1 Å². The number of rotatable bonds is 4. The Morgan fingerprint density at radius 2 is 2.05 bits per heavy atom. The van der Waals surface area contributed by atoms with Gasteiger partial charge in [-0.2, -0.15) is 0 Å². The largest absolute Gasteiger partial charge is 0.399 e. The van der Waals surface area contributed by atoms with E-state index >= 15 is 0 Å². The molecule has 0 atom stereocenters. The van der Waals surface area contributed by atoms with Crippen LogP contribution in [0.2, 0.25) is 0 Å². The highest BCUT2D eigenvalue weighted by Crippen LogP contribution is 2.18. The third kappa shape index (κ3) is 2.86. The van der Waals surface area contributed by atoms with Crippen molar-refractivity contribution >= 4 is 22.5 Å². The predicted octanol–water partition coefficient (Wildman–Crippen LogP) is 3.44. The van der Waals surface area contributed by atoms with Crippen molar-refractivity contribution in [2.75, 3.05) is 5.73 Å². The Bertz CT molecular complexity index is 849. The van der Waals surface area contributed by atoms with Gasteiger partial charge >= 0.3 is 0 Å². The fourth-order valence-electron chi connectivity index (χ4n) is 2.63. The second kappa shape index (κ2) is 5.64. The average molecular weight is 293 g/mol. The summed E-state index contributed by atoms with van der Waals surface area (Å²) in [5, 5.41) is 0.979. The highest BCUT2D eigenvalue weighted by atomic mass is 16.1. The summed E-state index contributed by atoms with van der Waals surface area (Å²) in [5.41, 5.74) is 11.7. The van der Waals surface area contributed by atoms with Crippen molar-refractivity contribution in [1.82, 2.24) is 9.97 Å². The molecule has 3 N–H and O–H groups in total. The molecule has 0 fully saturated rings. The molecule has 0 saturated heterocycles. The summed E-state index contributed by atoms with van der Waals surface area (Å²) in [6.07, 6.45) is 3.69. The number of hydrogen-bond acceptors (Lipinski definition) is 3. The van der Waals surface area contributed by atoms with Gasteiger partial charge in [0.25, 0.3) is 0 Å². The first kappa shape index (κ1) is 14.3. The second-order valence-corrected chi connectivity index (χ2v) is 5.71. The van der Waals surface area contributed by atoms with Crippen LogP contribution in [-0.2, 0) is 12.8 Å². The SMILES string of the molecule is CC(=O)c1cc2cc(CCc3cc(N)ccc3C)cnc2[nH]1. The number of pyridine rings is 1. The molecule has 2 heterocycles. The summed E-state index contributed by atoms with van der Waals surface area (Å²) in [5.74, 6) is 0.0231. The van der Waals surface area contributed by atoms with Crippen LogP contribution in [0.1, 0.15) is 34.1 Å². The Balaban J connectivity index is 1.82. The van der Waals surface area contributed by atoms with Crippen molar-refractivity contribution < 1.29 is 4.79 Å². The lowest BCUT2D eigenvalue weighted by Gasteiger charge is -2.07. The minimum Gasteiger partial charge on any atom is -0.399 e. The number of nitrogens with zero attached hydrogens (tertiary/aromatic N) is 1. The molecule has 112 valence electrons. The lowest BCUT2D eigenvalue weighted by Crippen LogP contribution is -1.97. The zero-order chi connectivity index (χ0) is 15.7. The first-order valence-electron chi connectivity index (χ1n) is 7.36. The molecule has 0 unspecified atom stereocenters. The highest BCUT2D eigenvalue weighted by molar-refractivity contribution is 5.97. The van der Waals surface area contributed by atoms with Gasteiger partial charge in [-0.15, -0.1) is 0 Å². The molecule has 2 aromatic heterocycles. The maximum absolute atomic E-state index is 11.4. The number of carbonyl (C=O) groups excluding carboxylic acids is 1. The van der Waals surface area contributed by atoms with E-state index in [9.17, 15) is 4.79 Å². The molecule has 3 aromatic rings. The Hall–Kier alpha value is -2.62. The zero-order valence-electron chi connectivity index (χ0n) is 12.8. The number of aromatic amines is 1. The molecular formula is C18H19N3O. The van der Waals surface area contributed by atoms with E-state index in [1.165, 1.54) is 11.1 Å². The fraction of sp³-hybridized carbons (Fsp3) is 0.222. The van der Waals surface area contributed by atoms with Crippen LogP contribution in [0.5, 0.6) is 0 Å². The van der Waals surface area contributed by atoms with Gasteiger partial charge in [0.2, 0.25) is 0 Å². The Labute approximate surface area is 129 Å². The number of nitrogens with two attached hydrogens (primary N) is 1. The summed E-state index contributed by atoms with van der Waals surface area (Å²) >= 11 is 0. The van der Waals surface area contributed by atoms with Gasteiger partial charge in [-0.3, -0.25) is 4.79 Å². The number of aryl methyl sites for hydroxylation is 3. The summed E-state index contributed by atoms with van der Waals surface area (Å²) in [6, 6.07) is 9.96. The minimum atomic E-state index is 0.0231. The topological polar surface area (TPSA) is 71.8 Å². The van der Waals surface area contributed by atoms with E-state index in [1.807, 2.05) is 24.4 Å². The molecule has 22 heavy (non-hydrogen) atoms. The molecule has 0 spiro atoms. The molecule has 0 saturated carbocycles. The average Bonchev–Trinajstić information content (AvgIpc) is 2.91. The maximum atomic E-state index is 11.4. The monoisotopic (exact) mass is 293 g/mol. The van der Waals surface area contributed by atoms with Crippen LogP contribution in [0.4, 0.5) is 5.69 Å². The number of fused-ring (bicyclic) bond motifs is 1. The molecule has 0 bridgehead atoms. The van der Waals surface area contributed by atoms with Gasteiger partial charge in [-0.25, -0.2) is 4.98 Å². The molecule has 4 nitrogen and oxygen atoms in total. The number of ketones is 1. The molecule has 0 aliphatic heterocycles. The number of benzene rings is 1. The summed E-state index contributed by atoms with van der Waals surface area (Å²) in [4.78, 5) is 18.8. The molecule has 1 aromatic carbocycles. The summed E-state index contributed by atoms with van der Waals surface area (Å²) < 4.78 is 0. The van der Waals surface area contributed by atoms with Gasteiger partial charge < -0.3 is 10.7 Å². The first-order chi connectivity index (χ1) is 10.5. The van der Waals surface area contributed by atoms with Crippen molar-refractivity contribution in [3.05, 3.63) is 58.9 Å². The lowest BCUT2D eigenvalue weighted by molar-refractivity contribution is 0.101. The van der Waals surface area contributed by atoms with Crippen LogP contribution in [-0.4, -0.2) is 15.8 Å². The van der Waals surface area contributed by atoms with Crippen molar-refractivity contribution in [2.45, 2.75) is 26.7 Å². The predicted molar refractivity (Wildman–Crippen MR) is 89.1 cm³/mol. The highest BCUT2D eigenvalue weighted by Gasteiger charge is 2.07.